The molecule has 0 saturated carbocycles. The predicted molar refractivity (Wildman–Crippen MR) is 93.3 cm³/mol. The molecule has 1 aromatic heterocycles. The van der Waals surface area contributed by atoms with Crippen LogP contribution in [-0.4, -0.2) is 35.5 Å². The van der Waals surface area contributed by atoms with E-state index in [-0.39, 0.29) is 24.6 Å². The average molecular weight is 366 g/mol. The molecule has 0 atom stereocenters. The van der Waals surface area contributed by atoms with Crippen LogP contribution < -0.4 is 4.74 Å². The van der Waals surface area contributed by atoms with E-state index in [1.807, 2.05) is 13.8 Å². The molecule has 1 amide bonds. The molecule has 1 N–H and O–H groups in total. The number of benzene rings is 1. The third kappa shape index (κ3) is 4.54. The van der Waals surface area contributed by atoms with Gasteiger partial charge in [0, 0.05) is 12.1 Å². The highest BCUT2D eigenvalue weighted by atomic mass is 35.5. The van der Waals surface area contributed by atoms with E-state index in [1.165, 1.54) is 11.0 Å². The van der Waals surface area contributed by atoms with E-state index in [0.717, 1.165) is 11.1 Å². The quantitative estimate of drug-likeness (QED) is 0.846. The predicted octanol–water partition coefficient (Wildman–Crippen LogP) is 3.59. The van der Waals surface area contributed by atoms with Crippen molar-refractivity contribution in [1.29, 1.82) is 0 Å². The molecule has 0 unspecified atom stereocenters. The monoisotopic (exact) mass is 365 g/mol. The van der Waals surface area contributed by atoms with Crippen LogP contribution in [0.15, 0.2) is 22.6 Å². The van der Waals surface area contributed by atoms with Crippen LogP contribution in [0.2, 0.25) is 5.02 Å². The summed E-state index contributed by atoms with van der Waals surface area (Å²) in [5.74, 6) is -0.0201. The zero-order chi connectivity index (χ0) is 18.7. The van der Waals surface area contributed by atoms with Crippen LogP contribution in [-0.2, 0) is 11.3 Å². The Hall–Kier alpha value is -2.47. The largest absolute Gasteiger partial charge is 0.484 e. The number of aryl methyl sites for hydroxylation is 3. The van der Waals surface area contributed by atoms with Crippen molar-refractivity contribution in [2.75, 3.05) is 13.7 Å². The highest BCUT2D eigenvalue weighted by Crippen LogP contribution is 2.25. The first-order valence-electron chi connectivity index (χ1n) is 7.65. The molecule has 0 spiro atoms. The van der Waals surface area contributed by atoms with Crippen LogP contribution in [0, 0.1) is 20.8 Å². The second kappa shape index (κ2) is 7.61. The number of carboxylic acids is 1. The summed E-state index contributed by atoms with van der Waals surface area (Å²) in [7, 11) is 1.60. The number of rotatable bonds is 6. The first-order chi connectivity index (χ1) is 11.7. The van der Waals surface area contributed by atoms with Gasteiger partial charge in [0.15, 0.2) is 6.61 Å². The van der Waals surface area contributed by atoms with Crippen molar-refractivity contribution in [2.24, 2.45) is 0 Å². The number of nitrogens with zero attached hydrogens (tertiary/aromatic N) is 1. The Morgan fingerprint density at radius 1 is 1.20 bits per heavy atom. The minimum absolute atomic E-state index is 0.0965. The molecule has 6 nitrogen and oxygen atoms in total. The summed E-state index contributed by atoms with van der Waals surface area (Å²) in [5, 5.41) is 9.71. The summed E-state index contributed by atoms with van der Waals surface area (Å²) in [6.07, 6.45) is 0. The normalized spacial score (nSPS) is 10.6. The van der Waals surface area contributed by atoms with Crippen molar-refractivity contribution in [3.05, 3.63) is 51.4 Å². The molecule has 7 heteroatoms. The molecule has 1 aromatic carbocycles. The van der Waals surface area contributed by atoms with E-state index in [2.05, 4.69) is 0 Å². The molecule has 2 rings (SSSR count). The lowest BCUT2D eigenvalue weighted by molar-refractivity contribution is -0.132. The summed E-state index contributed by atoms with van der Waals surface area (Å²) in [6.45, 7) is 5.34. The average Bonchev–Trinajstić information content (AvgIpc) is 2.90. The number of halogens is 1. The molecule has 0 radical (unpaired) electrons. The molecule has 2 aromatic rings. The van der Waals surface area contributed by atoms with Gasteiger partial charge < -0.3 is 19.2 Å². The SMILES string of the molecule is Cc1cc(OCC(=O)N(C)Cc2cc(C(=O)O)c(C)o2)cc(C)c1Cl. The molecule has 0 fully saturated rings. The number of carboxylic acid groups (broad SMARTS) is 1. The van der Waals surface area contributed by atoms with E-state index >= 15 is 0 Å². The third-order valence-electron chi connectivity index (χ3n) is 3.79. The summed E-state index contributed by atoms with van der Waals surface area (Å²) in [6, 6.07) is 4.98. The van der Waals surface area contributed by atoms with Gasteiger partial charge in [-0.3, -0.25) is 4.79 Å². The Balaban J connectivity index is 1.96. The van der Waals surface area contributed by atoms with Gasteiger partial charge in [0.25, 0.3) is 5.91 Å². The topological polar surface area (TPSA) is 80.0 Å². The maximum Gasteiger partial charge on any atom is 0.339 e. The molecular weight excluding hydrogens is 346 g/mol. The molecule has 0 saturated heterocycles. The Morgan fingerprint density at radius 2 is 1.80 bits per heavy atom. The zero-order valence-electron chi connectivity index (χ0n) is 14.6. The van der Waals surface area contributed by atoms with Gasteiger partial charge in [0.2, 0.25) is 0 Å². The van der Waals surface area contributed by atoms with Crippen LogP contribution in [0.5, 0.6) is 5.75 Å². The maximum atomic E-state index is 12.2. The Kier molecular flexibility index (Phi) is 5.74. The second-order valence-corrected chi connectivity index (χ2v) is 6.28. The minimum Gasteiger partial charge on any atom is -0.484 e. The van der Waals surface area contributed by atoms with Crippen LogP contribution in [0.4, 0.5) is 0 Å². The number of furan rings is 1. The van der Waals surface area contributed by atoms with Crippen molar-refractivity contribution in [1.82, 2.24) is 4.90 Å². The fraction of sp³-hybridized carbons (Fsp3) is 0.333. The standard InChI is InChI=1S/C18H20ClNO5/c1-10-5-13(6-11(2)17(10)19)24-9-16(21)20(4)8-14-7-15(18(22)23)12(3)25-14/h5-7H,8-9H2,1-4H3,(H,22,23). The van der Waals surface area contributed by atoms with Crippen molar-refractivity contribution in [3.8, 4) is 5.75 Å². The van der Waals surface area contributed by atoms with Crippen LogP contribution in [0.1, 0.15) is 33.0 Å². The number of carbonyl (C=O) groups is 2. The molecule has 0 bridgehead atoms. The van der Waals surface area contributed by atoms with E-state index < -0.39 is 5.97 Å². The number of likely N-dealkylation sites (N-methyl/N-ethyl adjacent to an activating group) is 1. The van der Waals surface area contributed by atoms with Gasteiger partial charge in [-0.1, -0.05) is 11.6 Å². The molecule has 25 heavy (non-hydrogen) atoms. The van der Waals surface area contributed by atoms with Gasteiger partial charge in [-0.15, -0.1) is 0 Å². The van der Waals surface area contributed by atoms with Gasteiger partial charge in [-0.25, -0.2) is 4.79 Å². The highest BCUT2D eigenvalue weighted by Gasteiger charge is 2.17. The van der Waals surface area contributed by atoms with Crippen molar-refractivity contribution in [2.45, 2.75) is 27.3 Å². The molecule has 0 aliphatic heterocycles. The fourth-order valence-corrected chi connectivity index (χ4v) is 2.51. The Labute approximate surface area is 150 Å². The van der Waals surface area contributed by atoms with Gasteiger partial charge in [0.05, 0.1) is 6.54 Å². The molecule has 0 aliphatic rings. The van der Waals surface area contributed by atoms with E-state index in [9.17, 15) is 9.59 Å². The summed E-state index contributed by atoms with van der Waals surface area (Å²) >= 11 is 6.11. The number of hydrogen-bond acceptors (Lipinski definition) is 4. The van der Waals surface area contributed by atoms with Gasteiger partial charge >= 0.3 is 5.97 Å². The van der Waals surface area contributed by atoms with Gasteiger partial charge in [-0.05, 0) is 50.1 Å². The number of amides is 1. The minimum atomic E-state index is -1.06. The van der Waals surface area contributed by atoms with Crippen molar-refractivity contribution < 1.29 is 23.8 Å². The van der Waals surface area contributed by atoms with Gasteiger partial charge in [0.1, 0.15) is 22.8 Å². The third-order valence-corrected chi connectivity index (χ3v) is 4.39. The fourth-order valence-electron chi connectivity index (χ4n) is 2.40. The second-order valence-electron chi connectivity index (χ2n) is 5.90. The lowest BCUT2D eigenvalue weighted by Crippen LogP contribution is -2.30. The molecule has 0 aliphatic carbocycles. The molecular formula is C18H20ClNO5. The van der Waals surface area contributed by atoms with Crippen LogP contribution >= 0.6 is 11.6 Å². The Morgan fingerprint density at radius 3 is 2.32 bits per heavy atom. The smallest absolute Gasteiger partial charge is 0.339 e. The number of ether oxygens (including phenoxy) is 1. The number of aromatic carboxylic acids is 1. The van der Waals surface area contributed by atoms with E-state index in [0.29, 0.717) is 22.3 Å². The van der Waals surface area contributed by atoms with Crippen molar-refractivity contribution >= 4 is 23.5 Å². The van der Waals surface area contributed by atoms with E-state index in [4.69, 9.17) is 25.9 Å². The van der Waals surface area contributed by atoms with E-state index in [1.54, 1.807) is 26.1 Å². The number of carbonyl (C=O) groups excluding carboxylic acids is 1. The molecule has 1 heterocycles. The summed E-state index contributed by atoms with van der Waals surface area (Å²) < 4.78 is 10.9. The first-order valence-corrected chi connectivity index (χ1v) is 8.03. The summed E-state index contributed by atoms with van der Waals surface area (Å²) in [4.78, 5) is 24.6. The van der Waals surface area contributed by atoms with Gasteiger partial charge in [-0.2, -0.15) is 0 Å². The highest BCUT2D eigenvalue weighted by molar-refractivity contribution is 6.32. The first kappa shape index (κ1) is 18.9. The van der Waals surface area contributed by atoms with Crippen molar-refractivity contribution in [3.63, 3.8) is 0 Å². The Bertz CT molecular complexity index is 789. The van der Waals surface area contributed by atoms with Crippen LogP contribution in [0.3, 0.4) is 0 Å². The zero-order valence-corrected chi connectivity index (χ0v) is 15.3. The maximum absolute atomic E-state index is 12.2. The molecule has 134 valence electrons. The number of hydrogen-bond donors (Lipinski definition) is 1. The lowest BCUT2D eigenvalue weighted by Gasteiger charge is -2.16. The summed E-state index contributed by atoms with van der Waals surface area (Å²) in [5.41, 5.74) is 1.86. The lowest BCUT2D eigenvalue weighted by atomic mass is 10.1. The van der Waals surface area contributed by atoms with Crippen LogP contribution in [0.25, 0.3) is 0 Å².